The zero-order chi connectivity index (χ0) is 19.2. The topological polar surface area (TPSA) is 106 Å². The molecular weight excluding hydrogens is 358 g/mol. The third-order valence-electron chi connectivity index (χ3n) is 4.27. The Balaban J connectivity index is 1.82. The van der Waals surface area contributed by atoms with Crippen LogP contribution in [0.2, 0.25) is 0 Å². The Kier molecular flexibility index (Phi) is 6.98. The van der Waals surface area contributed by atoms with E-state index in [1.165, 1.54) is 0 Å². The van der Waals surface area contributed by atoms with Crippen molar-refractivity contribution in [3.8, 4) is 5.75 Å². The number of quaternary nitrogens is 1. The number of amides is 2. The van der Waals surface area contributed by atoms with Crippen molar-refractivity contribution in [3.63, 3.8) is 0 Å². The Morgan fingerprint density at radius 3 is 2.62 bits per heavy atom. The zero-order valence-corrected chi connectivity index (χ0v) is 15.9. The van der Waals surface area contributed by atoms with E-state index in [0.717, 1.165) is 4.90 Å². The number of ether oxygens (including phenoxy) is 1. The van der Waals surface area contributed by atoms with Gasteiger partial charge in [-0.3, -0.25) is 9.59 Å². The first-order valence-electron chi connectivity index (χ1n) is 8.58. The summed E-state index contributed by atoms with van der Waals surface area (Å²) >= 11 is 0. The summed E-state index contributed by atoms with van der Waals surface area (Å²) in [7, 11) is -1.48. The number of methoxy groups -OCH3 is 1. The number of rotatable bonds is 8. The van der Waals surface area contributed by atoms with E-state index in [4.69, 9.17) is 4.74 Å². The standard InChI is InChI=1S/C17H25N3O5S/c1-3-20(11-17(22)19-14-7-8-26(23,24)12-14)10-16(21)18-13-5-4-6-15(9-13)25-2/h4-6,9,14H,3,7-8,10-12H2,1-2H3,(H,18,21)(H,19,22)/p+1/t14-/m0/s1. The van der Waals surface area contributed by atoms with Crippen molar-refractivity contribution in [1.82, 2.24) is 5.32 Å². The molecule has 2 atom stereocenters. The van der Waals surface area contributed by atoms with Crippen LogP contribution >= 0.6 is 0 Å². The van der Waals surface area contributed by atoms with Gasteiger partial charge in [0.1, 0.15) is 5.75 Å². The summed E-state index contributed by atoms with van der Waals surface area (Å²) in [6, 6.07) is 6.72. The highest BCUT2D eigenvalue weighted by molar-refractivity contribution is 7.91. The van der Waals surface area contributed by atoms with E-state index in [1.807, 2.05) is 6.92 Å². The van der Waals surface area contributed by atoms with Gasteiger partial charge in [0, 0.05) is 17.8 Å². The van der Waals surface area contributed by atoms with E-state index in [2.05, 4.69) is 10.6 Å². The summed E-state index contributed by atoms with van der Waals surface area (Å²) in [5.74, 6) is 0.319. The molecule has 1 fully saturated rings. The SMILES string of the molecule is CC[NH+](CC(=O)Nc1cccc(OC)c1)CC(=O)N[C@H]1CCS(=O)(=O)C1. The van der Waals surface area contributed by atoms with Crippen LogP contribution in [0.1, 0.15) is 13.3 Å². The number of nitrogens with one attached hydrogen (secondary N) is 3. The molecule has 2 amide bonds. The maximum Gasteiger partial charge on any atom is 0.279 e. The first-order chi connectivity index (χ1) is 12.3. The van der Waals surface area contributed by atoms with Gasteiger partial charge in [-0.25, -0.2) is 8.42 Å². The van der Waals surface area contributed by atoms with Gasteiger partial charge >= 0.3 is 0 Å². The van der Waals surface area contributed by atoms with Gasteiger partial charge in [0.05, 0.1) is 25.2 Å². The van der Waals surface area contributed by atoms with E-state index in [9.17, 15) is 18.0 Å². The largest absolute Gasteiger partial charge is 0.497 e. The van der Waals surface area contributed by atoms with E-state index in [1.54, 1.807) is 31.4 Å². The number of carbonyl (C=O) groups is 2. The van der Waals surface area contributed by atoms with Crippen LogP contribution in [-0.2, 0) is 19.4 Å². The molecule has 3 N–H and O–H groups in total. The van der Waals surface area contributed by atoms with Crippen LogP contribution in [-0.4, -0.2) is 64.5 Å². The molecule has 26 heavy (non-hydrogen) atoms. The number of hydrogen-bond donors (Lipinski definition) is 3. The molecule has 0 saturated carbocycles. The highest BCUT2D eigenvalue weighted by Crippen LogP contribution is 2.16. The lowest BCUT2D eigenvalue weighted by atomic mass is 10.2. The van der Waals surface area contributed by atoms with Gasteiger partial charge in [-0.05, 0) is 25.5 Å². The third kappa shape index (κ3) is 6.30. The zero-order valence-electron chi connectivity index (χ0n) is 15.1. The van der Waals surface area contributed by atoms with Crippen LogP contribution in [0.4, 0.5) is 5.69 Å². The van der Waals surface area contributed by atoms with Crippen molar-refractivity contribution >= 4 is 27.3 Å². The summed E-state index contributed by atoms with van der Waals surface area (Å²) in [6.07, 6.45) is 0.450. The normalized spacial score (nSPS) is 19.5. The predicted molar refractivity (Wildman–Crippen MR) is 98.1 cm³/mol. The first-order valence-corrected chi connectivity index (χ1v) is 10.4. The van der Waals surface area contributed by atoms with Crippen molar-refractivity contribution in [2.75, 3.05) is 43.6 Å². The van der Waals surface area contributed by atoms with Crippen LogP contribution in [0, 0.1) is 0 Å². The molecule has 1 unspecified atom stereocenters. The van der Waals surface area contributed by atoms with Crippen molar-refractivity contribution in [2.24, 2.45) is 0 Å². The number of benzene rings is 1. The van der Waals surface area contributed by atoms with E-state index in [-0.39, 0.29) is 42.5 Å². The maximum absolute atomic E-state index is 12.2. The monoisotopic (exact) mass is 384 g/mol. The lowest BCUT2D eigenvalue weighted by Crippen LogP contribution is -3.14. The lowest BCUT2D eigenvalue weighted by molar-refractivity contribution is -0.881. The van der Waals surface area contributed by atoms with Crippen molar-refractivity contribution in [1.29, 1.82) is 0 Å². The number of hydrogen-bond acceptors (Lipinski definition) is 5. The lowest BCUT2D eigenvalue weighted by Gasteiger charge is -2.18. The summed E-state index contributed by atoms with van der Waals surface area (Å²) in [5.41, 5.74) is 0.630. The van der Waals surface area contributed by atoms with Gasteiger partial charge < -0.3 is 20.3 Å². The van der Waals surface area contributed by atoms with Gasteiger partial charge in [-0.2, -0.15) is 0 Å². The van der Waals surface area contributed by atoms with E-state index < -0.39 is 9.84 Å². The second kappa shape index (κ2) is 9.00. The summed E-state index contributed by atoms with van der Waals surface area (Å²) in [5, 5.41) is 5.54. The molecule has 1 aliphatic rings. The van der Waals surface area contributed by atoms with Crippen LogP contribution in [0.15, 0.2) is 24.3 Å². The van der Waals surface area contributed by atoms with Crippen LogP contribution in [0.5, 0.6) is 5.75 Å². The van der Waals surface area contributed by atoms with Crippen molar-refractivity contribution < 1.29 is 27.6 Å². The Hall–Kier alpha value is -2.13. The third-order valence-corrected chi connectivity index (χ3v) is 6.04. The molecule has 0 spiro atoms. The first kappa shape index (κ1) is 20.2. The molecule has 144 valence electrons. The number of anilines is 1. The second-order valence-electron chi connectivity index (χ2n) is 6.40. The summed E-state index contributed by atoms with van der Waals surface area (Å²) in [6.45, 7) is 2.76. The molecule has 1 saturated heterocycles. The van der Waals surface area contributed by atoms with Gasteiger partial charge in [-0.15, -0.1) is 0 Å². The van der Waals surface area contributed by atoms with Gasteiger partial charge in [-0.1, -0.05) is 6.07 Å². The Bertz CT molecular complexity index is 751. The summed E-state index contributed by atoms with van der Waals surface area (Å²) < 4.78 is 28.0. The van der Waals surface area contributed by atoms with Gasteiger partial charge in [0.25, 0.3) is 11.8 Å². The predicted octanol–water partition coefficient (Wildman–Crippen LogP) is -1.16. The maximum atomic E-state index is 12.2. The average Bonchev–Trinajstić information content (AvgIpc) is 2.92. The molecule has 8 nitrogen and oxygen atoms in total. The van der Waals surface area contributed by atoms with Gasteiger partial charge in [0.15, 0.2) is 22.9 Å². The molecule has 0 aliphatic carbocycles. The smallest absolute Gasteiger partial charge is 0.279 e. The van der Waals surface area contributed by atoms with Crippen molar-refractivity contribution in [3.05, 3.63) is 24.3 Å². The Labute approximate surface area is 153 Å². The molecule has 1 aromatic carbocycles. The second-order valence-corrected chi connectivity index (χ2v) is 8.63. The highest BCUT2D eigenvalue weighted by atomic mass is 32.2. The molecule has 0 bridgehead atoms. The highest BCUT2D eigenvalue weighted by Gasteiger charge is 2.29. The molecule has 1 aromatic rings. The molecular formula is C17H26N3O5S+. The minimum absolute atomic E-state index is 0.00345. The molecule has 9 heteroatoms. The Morgan fingerprint density at radius 2 is 2.00 bits per heavy atom. The van der Waals surface area contributed by atoms with Crippen molar-refractivity contribution in [2.45, 2.75) is 19.4 Å². The number of likely N-dealkylation sites (N-methyl/N-ethyl adjacent to an activating group) is 1. The fraction of sp³-hybridized carbons (Fsp3) is 0.529. The fourth-order valence-electron chi connectivity index (χ4n) is 2.86. The minimum atomic E-state index is -3.03. The van der Waals surface area contributed by atoms with E-state index in [0.29, 0.717) is 24.4 Å². The fourth-order valence-corrected chi connectivity index (χ4v) is 4.53. The molecule has 2 rings (SSSR count). The van der Waals surface area contributed by atoms with Crippen LogP contribution < -0.4 is 20.3 Å². The Morgan fingerprint density at radius 1 is 1.27 bits per heavy atom. The quantitative estimate of drug-likeness (QED) is 0.524. The molecule has 1 heterocycles. The molecule has 0 radical (unpaired) electrons. The van der Waals surface area contributed by atoms with Crippen LogP contribution in [0.3, 0.4) is 0 Å². The van der Waals surface area contributed by atoms with Crippen LogP contribution in [0.25, 0.3) is 0 Å². The number of carbonyl (C=O) groups excluding carboxylic acids is 2. The summed E-state index contributed by atoms with van der Waals surface area (Å²) in [4.78, 5) is 25.1. The molecule has 0 aromatic heterocycles. The molecule has 1 aliphatic heterocycles. The average molecular weight is 384 g/mol. The van der Waals surface area contributed by atoms with E-state index >= 15 is 0 Å². The van der Waals surface area contributed by atoms with Gasteiger partial charge in [0.2, 0.25) is 0 Å². The minimum Gasteiger partial charge on any atom is -0.497 e. The number of sulfone groups is 1.